The van der Waals surface area contributed by atoms with Crippen molar-refractivity contribution in [3.63, 3.8) is 0 Å². The lowest BCUT2D eigenvalue weighted by Crippen LogP contribution is -2.28. The Kier molecular flexibility index (Phi) is 5.70. The average molecular weight is 410 g/mol. The molecule has 0 saturated heterocycles. The van der Waals surface area contributed by atoms with Crippen LogP contribution in [-0.4, -0.2) is 31.2 Å². The van der Waals surface area contributed by atoms with Crippen molar-refractivity contribution in [3.05, 3.63) is 51.3 Å². The molecule has 136 valence electrons. The van der Waals surface area contributed by atoms with Crippen molar-refractivity contribution in [1.82, 2.24) is 24.9 Å². The smallest absolute Gasteiger partial charge is 0.253 e. The van der Waals surface area contributed by atoms with Crippen LogP contribution in [0.3, 0.4) is 0 Å². The van der Waals surface area contributed by atoms with Gasteiger partial charge >= 0.3 is 0 Å². The van der Waals surface area contributed by atoms with E-state index >= 15 is 0 Å². The van der Waals surface area contributed by atoms with E-state index in [0.29, 0.717) is 21.0 Å². The number of fused-ring (bicyclic) bond motifs is 1. The molecule has 0 aliphatic rings. The van der Waals surface area contributed by atoms with Gasteiger partial charge in [-0.2, -0.15) is 4.98 Å². The Hall–Kier alpha value is -1.83. The molecule has 0 radical (unpaired) electrons. The highest BCUT2D eigenvalue weighted by atomic mass is 35.5. The number of rotatable bonds is 5. The molecule has 3 rings (SSSR count). The van der Waals surface area contributed by atoms with Crippen LogP contribution in [-0.2, 0) is 4.79 Å². The first-order chi connectivity index (χ1) is 12.3. The van der Waals surface area contributed by atoms with Crippen molar-refractivity contribution in [2.75, 3.05) is 5.75 Å². The normalized spacial score (nSPS) is 12.3. The number of amides is 1. The van der Waals surface area contributed by atoms with Crippen molar-refractivity contribution < 1.29 is 4.79 Å². The topological polar surface area (TPSA) is 72.2 Å². The molecule has 0 saturated carbocycles. The Balaban J connectivity index is 1.63. The molecule has 1 amide bonds. The van der Waals surface area contributed by atoms with E-state index in [0.717, 1.165) is 17.0 Å². The number of halogens is 2. The van der Waals surface area contributed by atoms with Crippen LogP contribution in [0.5, 0.6) is 0 Å². The molecule has 1 atom stereocenters. The number of carbonyl (C=O) groups excluding carboxylic acids is 1. The van der Waals surface area contributed by atoms with Crippen LogP contribution in [0.1, 0.15) is 29.9 Å². The first-order valence-corrected chi connectivity index (χ1v) is 9.66. The van der Waals surface area contributed by atoms with Gasteiger partial charge in [-0.25, -0.2) is 9.50 Å². The Morgan fingerprint density at radius 1 is 1.27 bits per heavy atom. The van der Waals surface area contributed by atoms with Gasteiger partial charge < -0.3 is 5.32 Å². The minimum Gasteiger partial charge on any atom is -0.349 e. The van der Waals surface area contributed by atoms with E-state index in [1.807, 2.05) is 32.9 Å². The lowest BCUT2D eigenvalue weighted by atomic mass is 10.1. The Morgan fingerprint density at radius 2 is 2.04 bits per heavy atom. The molecule has 0 unspecified atom stereocenters. The van der Waals surface area contributed by atoms with Crippen LogP contribution in [0.4, 0.5) is 0 Å². The number of benzene rings is 1. The molecule has 1 aromatic carbocycles. The number of aryl methyl sites for hydroxylation is 2. The first-order valence-electron chi connectivity index (χ1n) is 7.91. The van der Waals surface area contributed by atoms with Crippen LogP contribution in [0.25, 0.3) is 5.78 Å². The van der Waals surface area contributed by atoms with Gasteiger partial charge in [-0.15, -0.1) is 5.10 Å². The summed E-state index contributed by atoms with van der Waals surface area (Å²) >= 11 is 13.3. The maximum absolute atomic E-state index is 12.2. The van der Waals surface area contributed by atoms with Crippen molar-refractivity contribution in [2.45, 2.75) is 32.0 Å². The zero-order chi connectivity index (χ0) is 18.8. The molecule has 26 heavy (non-hydrogen) atoms. The minimum absolute atomic E-state index is 0.131. The zero-order valence-electron chi connectivity index (χ0n) is 14.5. The Morgan fingerprint density at radius 3 is 2.77 bits per heavy atom. The molecule has 0 aliphatic carbocycles. The highest BCUT2D eigenvalue weighted by Crippen LogP contribution is 2.26. The van der Waals surface area contributed by atoms with E-state index in [2.05, 4.69) is 20.4 Å². The van der Waals surface area contributed by atoms with Crippen LogP contribution < -0.4 is 5.32 Å². The highest BCUT2D eigenvalue weighted by molar-refractivity contribution is 7.99. The highest BCUT2D eigenvalue weighted by Gasteiger charge is 2.15. The molecular formula is C17H17Cl2N5OS. The van der Waals surface area contributed by atoms with E-state index in [1.54, 1.807) is 16.6 Å². The summed E-state index contributed by atoms with van der Waals surface area (Å²) in [5.41, 5.74) is 2.64. The number of hydrogen-bond donors (Lipinski definition) is 1. The Bertz CT molecular complexity index is 975. The monoisotopic (exact) mass is 409 g/mol. The van der Waals surface area contributed by atoms with Gasteiger partial charge in [-0.3, -0.25) is 4.79 Å². The first kappa shape index (κ1) is 18.9. The van der Waals surface area contributed by atoms with Crippen molar-refractivity contribution in [3.8, 4) is 0 Å². The predicted octanol–water partition coefficient (Wildman–Crippen LogP) is 4.02. The standard InChI is InChI=1S/C17H17Cl2N5OS/c1-9-6-10(2)24-16(20-9)22-17(23-24)26-8-15(25)21-11(3)13-5-4-12(18)7-14(13)19/h4-7,11H,8H2,1-3H3,(H,21,25)/t11-/m0/s1. The fourth-order valence-corrected chi connectivity index (χ4v) is 3.75. The van der Waals surface area contributed by atoms with Gasteiger partial charge in [0.2, 0.25) is 11.1 Å². The third kappa shape index (κ3) is 4.28. The number of aromatic nitrogens is 4. The number of nitrogens with zero attached hydrogens (tertiary/aromatic N) is 4. The number of nitrogens with one attached hydrogen (secondary N) is 1. The van der Waals surface area contributed by atoms with Gasteiger partial charge in [-0.1, -0.05) is 41.0 Å². The second-order valence-corrected chi connectivity index (χ2v) is 7.67. The van der Waals surface area contributed by atoms with Gasteiger partial charge in [0.1, 0.15) is 0 Å². The summed E-state index contributed by atoms with van der Waals surface area (Å²) in [6, 6.07) is 6.92. The Labute approximate surface area is 165 Å². The fourth-order valence-electron chi connectivity index (χ4n) is 2.55. The van der Waals surface area contributed by atoms with Crippen molar-refractivity contribution in [1.29, 1.82) is 0 Å². The molecule has 0 fully saturated rings. The maximum Gasteiger partial charge on any atom is 0.253 e. The number of hydrogen-bond acceptors (Lipinski definition) is 5. The summed E-state index contributed by atoms with van der Waals surface area (Å²) in [5.74, 6) is 0.602. The van der Waals surface area contributed by atoms with Crippen molar-refractivity contribution in [2.24, 2.45) is 0 Å². The quantitative estimate of drug-likeness (QED) is 0.644. The minimum atomic E-state index is -0.228. The van der Waals surface area contributed by atoms with Crippen LogP contribution in [0.15, 0.2) is 29.4 Å². The van der Waals surface area contributed by atoms with Crippen LogP contribution in [0.2, 0.25) is 10.0 Å². The molecular weight excluding hydrogens is 393 g/mol. The van der Waals surface area contributed by atoms with E-state index < -0.39 is 0 Å². The molecule has 0 aliphatic heterocycles. The molecule has 0 spiro atoms. The van der Waals surface area contributed by atoms with E-state index in [4.69, 9.17) is 23.2 Å². The molecule has 6 nitrogen and oxygen atoms in total. The van der Waals surface area contributed by atoms with Crippen LogP contribution >= 0.6 is 35.0 Å². The lowest BCUT2D eigenvalue weighted by molar-refractivity contribution is -0.119. The van der Waals surface area contributed by atoms with E-state index in [-0.39, 0.29) is 17.7 Å². The summed E-state index contributed by atoms with van der Waals surface area (Å²) < 4.78 is 1.67. The number of carbonyl (C=O) groups is 1. The molecule has 2 aromatic heterocycles. The molecule has 3 aromatic rings. The number of thioether (sulfide) groups is 1. The lowest BCUT2D eigenvalue weighted by Gasteiger charge is -2.15. The summed E-state index contributed by atoms with van der Waals surface area (Å²) in [5, 5.41) is 8.89. The predicted molar refractivity (Wildman–Crippen MR) is 104 cm³/mol. The van der Waals surface area contributed by atoms with Gasteiger partial charge in [0.25, 0.3) is 5.78 Å². The second kappa shape index (κ2) is 7.82. The maximum atomic E-state index is 12.2. The third-order valence-corrected chi connectivity index (χ3v) is 5.14. The van der Waals surface area contributed by atoms with Crippen LogP contribution in [0, 0.1) is 13.8 Å². The second-order valence-electron chi connectivity index (χ2n) is 5.89. The van der Waals surface area contributed by atoms with Crippen molar-refractivity contribution >= 4 is 46.6 Å². The molecule has 0 bridgehead atoms. The third-order valence-electron chi connectivity index (χ3n) is 3.74. The zero-order valence-corrected chi connectivity index (χ0v) is 16.8. The summed E-state index contributed by atoms with van der Waals surface area (Å²) in [6.45, 7) is 5.72. The summed E-state index contributed by atoms with van der Waals surface area (Å²) in [6.07, 6.45) is 0. The average Bonchev–Trinajstić information content (AvgIpc) is 2.96. The van der Waals surface area contributed by atoms with E-state index in [1.165, 1.54) is 11.8 Å². The van der Waals surface area contributed by atoms with E-state index in [9.17, 15) is 4.79 Å². The van der Waals surface area contributed by atoms with Gasteiger partial charge in [-0.05, 0) is 44.5 Å². The molecule has 9 heteroatoms. The van der Waals surface area contributed by atoms with Gasteiger partial charge in [0.15, 0.2) is 0 Å². The SMILES string of the molecule is Cc1cc(C)n2nc(SCC(=O)N[C@@H](C)c3ccc(Cl)cc3Cl)nc2n1. The summed E-state index contributed by atoms with van der Waals surface area (Å²) in [7, 11) is 0. The molecule has 2 heterocycles. The largest absolute Gasteiger partial charge is 0.349 e. The summed E-state index contributed by atoms with van der Waals surface area (Å²) in [4.78, 5) is 20.9. The van der Waals surface area contributed by atoms with Gasteiger partial charge in [0.05, 0.1) is 11.8 Å². The molecule has 1 N–H and O–H groups in total. The fraction of sp³-hybridized carbons (Fsp3) is 0.294. The van der Waals surface area contributed by atoms with Gasteiger partial charge in [0, 0.05) is 21.4 Å².